The molecule has 1 aromatic carbocycles. The monoisotopic (exact) mass is 413 g/mol. The first-order valence-corrected chi connectivity index (χ1v) is 10.0. The van der Waals surface area contributed by atoms with Crippen LogP contribution in [0.4, 0.5) is 0 Å². The van der Waals surface area contributed by atoms with E-state index in [1.54, 1.807) is 12.1 Å². The minimum absolute atomic E-state index is 0.0794. The van der Waals surface area contributed by atoms with Crippen LogP contribution in [0.15, 0.2) is 23.3 Å². The van der Waals surface area contributed by atoms with Crippen molar-refractivity contribution >= 4 is 23.6 Å². The van der Waals surface area contributed by atoms with Crippen molar-refractivity contribution in [3.63, 3.8) is 0 Å². The van der Waals surface area contributed by atoms with Crippen LogP contribution in [0, 0.1) is 0 Å². The highest BCUT2D eigenvalue weighted by molar-refractivity contribution is 6.24. The molecule has 1 fully saturated rings. The van der Waals surface area contributed by atoms with E-state index >= 15 is 0 Å². The van der Waals surface area contributed by atoms with Crippen molar-refractivity contribution in [3.05, 3.63) is 39.8 Å². The maximum atomic E-state index is 12.9. The zero-order chi connectivity index (χ0) is 21.5. The van der Waals surface area contributed by atoms with Gasteiger partial charge in [-0.15, -0.1) is 0 Å². The van der Waals surface area contributed by atoms with E-state index < -0.39 is 29.7 Å². The van der Waals surface area contributed by atoms with Gasteiger partial charge >= 0.3 is 0 Å². The van der Waals surface area contributed by atoms with Crippen molar-refractivity contribution < 1.29 is 23.9 Å². The van der Waals surface area contributed by atoms with Gasteiger partial charge in [0.1, 0.15) is 11.8 Å². The molecule has 4 amide bonds. The minimum atomic E-state index is -0.992. The van der Waals surface area contributed by atoms with Crippen LogP contribution >= 0.6 is 0 Å². The van der Waals surface area contributed by atoms with Crippen LogP contribution in [-0.4, -0.2) is 47.7 Å². The number of amides is 4. The predicted molar refractivity (Wildman–Crippen MR) is 106 cm³/mol. The van der Waals surface area contributed by atoms with Gasteiger partial charge in [-0.1, -0.05) is 30.4 Å². The Morgan fingerprint density at radius 3 is 2.63 bits per heavy atom. The first kappa shape index (κ1) is 21.3. The highest BCUT2D eigenvalue weighted by Gasteiger charge is 2.45. The molecule has 1 aromatic rings. The Balaban J connectivity index is 1.58. The number of fused-ring (bicyclic) bond motifs is 1. The molecule has 0 saturated carbocycles. The van der Waals surface area contributed by atoms with Crippen LogP contribution < -0.4 is 10.1 Å². The molecule has 2 aliphatic heterocycles. The summed E-state index contributed by atoms with van der Waals surface area (Å²) >= 11 is 0. The summed E-state index contributed by atoms with van der Waals surface area (Å²) < 4.78 is 5.77. The Kier molecular flexibility index (Phi) is 7.03. The van der Waals surface area contributed by atoms with Gasteiger partial charge in [-0.25, -0.2) is 0 Å². The van der Waals surface area contributed by atoms with E-state index in [1.807, 2.05) is 0 Å². The maximum Gasteiger partial charge on any atom is 0.266 e. The molecule has 10 nitrogen and oxygen atoms in total. The van der Waals surface area contributed by atoms with Gasteiger partial charge in [0.05, 0.1) is 17.7 Å². The van der Waals surface area contributed by atoms with E-state index in [1.165, 1.54) is 6.07 Å². The van der Waals surface area contributed by atoms with Crippen LogP contribution in [0.5, 0.6) is 5.75 Å². The number of benzene rings is 1. The van der Waals surface area contributed by atoms with E-state index in [0.717, 1.165) is 37.0 Å². The molecule has 1 atom stereocenters. The lowest BCUT2D eigenvalue weighted by molar-refractivity contribution is -0.136. The normalized spacial score (nSPS) is 18.1. The molecule has 2 heterocycles. The maximum absolute atomic E-state index is 12.9. The number of nitrogens with one attached hydrogen (secondary N) is 1. The van der Waals surface area contributed by atoms with E-state index in [0.29, 0.717) is 18.9 Å². The summed E-state index contributed by atoms with van der Waals surface area (Å²) in [6.07, 6.45) is 4.71. The van der Waals surface area contributed by atoms with Crippen LogP contribution in [0.1, 0.15) is 65.7 Å². The largest absolute Gasteiger partial charge is 0.493 e. The van der Waals surface area contributed by atoms with Crippen molar-refractivity contribution in [2.75, 3.05) is 13.2 Å². The topological polar surface area (TPSA) is 142 Å². The molecule has 0 spiro atoms. The van der Waals surface area contributed by atoms with Crippen molar-refractivity contribution in [1.82, 2.24) is 10.2 Å². The molecule has 30 heavy (non-hydrogen) atoms. The molecule has 0 bridgehead atoms. The number of hydrogen-bond donors (Lipinski definition) is 1. The Hall–Kier alpha value is -3.39. The predicted octanol–water partition coefficient (Wildman–Crippen LogP) is 2.73. The van der Waals surface area contributed by atoms with Gasteiger partial charge in [-0.2, -0.15) is 0 Å². The molecule has 0 aromatic heterocycles. The van der Waals surface area contributed by atoms with E-state index in [4.69, 9.17) is 10.3 Å². The molecule has 3 rings (SSSR count). The first-order chi connectivity index (χ1) is 14.5. The van der Waals surface area contributed by atoms with Crippen LogP contribution in [0.3, 0.4) is 0 Å². The summed E-state index contributed by atoms with van der Waals surface area (Å²) in [5, 5.41) is 5.67. The van der Waals surface area contributed by atoms with E-state index in [2.05, 4.69) is 15.3 Å². The summed E-state index contributed by atoms with van der Waals surface area (Å²) in [6.45, 7) is 0.898. The zero-order valence-corrected chi connectivity index (χ0v) is 16.5. The summed E-state index contributed by atoms with van der Waals surface area (Å²) in [6, 6.07) is 3.83. The number of nitrogens with zero attached hydrogens (tertiary/aromatic N) is 4. The lowest BCUT2D eigenvalue weighted by Crippen LogP contribution is -2.54. The average Bonchev–Trinajstić information content (AvgIpc) is 2.98. The van der Waals surface area contributed by atoms with Gasteiger partial charge < -0.3 is 4.74 Å². The van der Waals surface area contributed by atoms with Crippen molar-refractivity contribution in [3.8, 4) is 5.75 Å². The fourth-order valence-electron chi connectivity index (χ4n) is 3.65. The molecule has 10 heteroatoms. The second-order valence-electron chi connectivity index (χ2n) is 7.20. The summed E-state index contributed by atoms with van der Waals surface area (Å²) in [5.74, 6) is -1.84. The third-order valence-electron chi connectivity index (χ3n) is 5.15. The second-order valence-corrected chi connectivity index (χ2v) is 7.20. The Morgan fingerprint density at radius 1 is 1.10 bits per heavy atom. The fraction of sp³-hybridized carbons (Fsp3) is 0.500. The lowest BCUT2D eigenvalue weighted by Gasteiger charge is -2.27. The molecule has 0 aliphatic carbocycles. The molecule has 0 radical (unpaired) electrons. The number of carbonyl (C=O) groups excluding carboxylic acids is 4. The number of unbranched alkanes of at least 4 members (excludes halogenated alkanes) is 4. The number of rotatable bonds is 10. The molecule has 1 unspecified atom stereocenters. The molecular weight excluding hydrogens is 390 g/mol. The number of imide groups is 2. The smallest absolute Gasteiger partial charge is 0.266 e. The van der Waals surface area contributed by atoms with Gasteiger partial charge in [-0.05, 0) is 36.9 Å². The number of hydrogen-bond acceptors (Lipinski definition) is 6. The summed E-state index contributed by atoms with van der Waals surface area (Å²) in [7, 11) is 0. The average molecular weight is 413 g/mol. The quantitative estimate of drug-likeness (QED) is 0.206. The molecule has 158 valence electrons. The van der Waals surface area contributed by atoms with E-state index in [9.17, 15) is 19.2 Å². The van der Waals surface area contributed by atoms with Crippen molar-refractivity contribution in [2.45, 2.75) is 51.0 Å². The van der Waals surface area contributed by atoms with Crippen LogP contribution in [-0.2, 0) is 9.59 Å². The van der Waals surface area contributed by atoms with Crippen molar-refractivity contribution in [1.29, 1.82) is 0 Å². The molecule has 2 aliphatic rings. The Bertz CT molecular complexity index is 909. The zero-order valence-electron chi connectivity index (χ0n) is 16.5. The number of piperidine rings is 1. The highest BCUT2D eigenvalue weighted by atomic mass is 16.5. The Labute approximate surface area is 173 Å². The highest BCUT2D eigenvalue weighted by Crippen LogP contribution is 2.33. The summed E-state index contributed by atoms with van der Waals surface area (Å²) in [5.41, 5.74) is 8.60. The standard InChI is InChI=1S/C20H23N5O5/c21-24-22-11-4-2-1-3-5-12-30-15-8-6-7-13-17(15)20(29)25(19(13)28)14-9-10-16(26)23-18(14)27/h6-8,14H,1-5,9-12H2,(H,23,26,27). The molecule has 1 N–H and O–H groups in total. The summed E-state index contributed by atoms with van der Waals surface area (Å²) in [4.78, 5) is 52.9. The van der Waals surface area contributed by atoms with Gasteiger partial charge in [0.25, 0.3) is 11.8 Å². The van der Waals surface area contributed by atoms with Gasteiger partial charge in [0.15, 0.2) is 0 Å². The number of ether oxygens (including phenoxy) is 1. The fourth-order valence-corrected chi connectivity index (χ4v) is 3.65. The minimum Gasteiger partial charge on any atom is -0.493 e. The van der Waals surface area contributed by atoms with Gasteiger partial charge in [0.2, 0.25) is 11.8 Å². The van der Waals surface area contributed by atoms with Gasteiger partial charge in [0, 0.05) is 17.9 Å². The SMILES string of the molecule is [N-]=[N+]=NCCCCCCCOc1cccc2c1C(=O)N(C1CCC(=O)NC1=O)C2=O. The number of azide groups is 1. The Morgan fingerprint density at radius 2 is 1.87 bits per heavy atom. The first-order valence-electron chi connectivity index (χ1n) is 10.0. The van der Waals surface area contributed by atoms with Crippen LogP contribution in [0.25, 0.3) is 10.4 Å². The third kappa shape index (κ3) is 4.60. The van der Waals surface area contributed by atoms with Crippen LogP contribution in [0.2, 0.25) is 0 Å². The van der Waals surface area contributed by atoms with Crippen molar-refractivity contribution in [2.24, 2.45) is 5.11 Å². The molecule has 1 saturated heterocycles. The second kappa shape index (κ2) is 9.89. The van der Waals surface area contributed by atoms with E-state index in [-0.39, 0.29) is 24.0 Å². The lowest BCUT2D eigenvalue weighted by atomic mass is 10.0. The number of carbonyl (C=O) groups is 4. The van der Waals surface area contributed by atoms with Gasteiger partial charge in [-0.3, -0.25) is 29.4 Å². The molecular formula is C20H23N5O5. The third-order valence-corrected chi connectivity index (χ3v) is 5.15.